The van der Waals surface area contributed by atoms with Crippen molar-refractivity contribution in [2.45, 2.75) is 19.6 Å². The van der Waals surface area contributed by atoms with Crippen molar-refractivity contribution in [2.75, 3.05) is 20.3 Å². The second-order valence-electron chi connectivity index (χ2n) is 4.03. The van der Waals surface area contributed by atoms with Gasteiger partial charge >= 0.3 is 0 Å². The third kappa shape index (κ3) is 4.39. The van der Waals surface area contributed by atoms with E-state index < -0.39 is 0 Å². The number of methoxy groups -OCH3 is 1. The van der Waals surface area contributed by atoms with Crippen LogP contribution in [0.3, 0.4) is 0 Å². The van der Waals surface area contributed by atoms with Crippen LogP contribution < -0.4 is 14.8 Å². The average Bonchev–Trinajstić information content (AvgIpc) is 2.36. The van der Waals surface area contributed by atoms with E-state index in [9.17, 15) is 5.11 Å². The number of aliphatic hydroxyl groups is 1. The highest BCUT2D eigenvalue weighted by atomic mass is 16.5. The van der Waals surface area contributed by atoms with E-state index in [0.717, 1.165) is 11.3 Å². The van der Waals surface area contributed by atoms with Crippen molar-refractivity contribution in [2.24, 2.45) is 0 Å². The fourth-order valence-corrected chi connectivity index (χ4v) is 1.58. The smallest absolute Gasteiger partial charge is 0.166 e. The summed E-state index contributed by atoms with van der Waals surface area (Å²) in [7, 11) is 1.61. The summed E-state index contributed by atoms with van der Waals surface area (Å²) < 4.78 is 10.9. The summed E-state index contributed by atoms with van der Waals surface area (Å²) in [4.78, 5) is 0. The third-order valence-electron chi connectivity index (χ3n) is 2.38. The van der Waals surface area contributed by atoms with Gasteiger partial charge in [0.15, 0.2) is 11.5 Å². The Balaban J connectivity index is 2.77. The fourth-order valence-electron chi connectivity index (χ4n) is 1.58. The van der Waals surface area contributed by atoms with Gasteiger partial charge in [-0.05, 0) is 13.0 Å². The quantitative estimate of drug-likeness (QED) is 0.691. The maximum atomic E-state index is 9.21. The largest absolute Gasteiger partial charge is 0.493 e. The molecule has 1 atom stereocenters. The molecule has 100 valence electrons. The molecule has 0 aliphatic heterocycles. The van der Waals surface area contributed by atoms with E-state index in [1.807, 2.05) is 18.2 Å². The Kier molecular flexibility index (Phi) is 6.25. The molecule has 0 unspecified atom stereocenters. The number of aliphatic hydroxyl groups excluding tert-OH is 1. The monoisotopic (exact) mass is 251 g/mol. The lowest BCUT2D eigenvalue weighted by Crippen LogP contribution is -2.24. The van der Waals surface area contributed by atoms with Gasteiger partial charge in [0.2, 0.25) is 0 Å². The van der Waals surface area contributed by atoms with Crippen molar-refractivity contribution in [1.29, 1.82) is 0 Å². The van der Waals surface area contributed by atoms with Gasteiger partial charge in [0, 0.05) is 18.7 Å². The summed E-state index contributed by atoms with van der Waals surface area (Å²) in [6.07, 6.45) is 1.33. The molecule has 0 saturated carbocycles. The van der Waals surface area contributed by atoms with Crippen LogP contribution in [0, 0.1) is 0 Å². The van der Waals surface area contributed by atoms with E-state index in [2.05, 4.69) is 11.9 Å². The van der Waals surface area contributed by atoms with Crippen LogP contribution in [-0.4, -0.2) is 31.5 Å². The van der Waals surface area contributed by atoms with Gasteiger partial charge in [-0.3, -0.25) is 0 Å². The zero-order valence-corrected chi connectivity index (χ0v) is 11.0. The Morgan fingerprint density at radius 1 is 1.50 bits per heavy atom. The first-order valence-corrected chi connectivity index (χ1v) is 5.97. The van der Waals surface area contributed by atoms with Gasteiger partial charge in [0.25, 0.3) is 0 Å². The summed E-state index contributed by atoms with van der Waals surface area (Å²) in [6.45, 7) is 6.97. The molecule has 0 bridgehead atoms. The summed E-state index contributed by atoms with van der Waals surface area (Å²) in [5.41, 5.74) is 0.997. The fraction of sp³-hybridized carbons (Fsp3) is 0.429. The summed E-state index contributed by atoms with van der Waals surface area (Å²) in [5.74, 6) is 1.42. The molecule has 0 radical (unpaired) electrons. The van der Waals surface area contributed by atoms with E-state index in [1.54, 1.807) is 20.1 Å². The van der Waals surface area contributed by atoms with Crippen LogP contribution in [0.25, 0.3) is 0 Å². The lowest BCUT2D eigenvalue weighted by molar-refractivity contribution is 0.190. The van der Waals surface area contributed by atoms with Crippen molar-refractivity contribution in [3.05, 3.63) is 36.4 Å². The SMILES string of the molecule is C=CCOc1c(CNC[C@@H](C)O)cccc1OC. The minimum atomic E-state index is -0.367. The molecule has 0 heterocycles. The number of hydrogen-bond donors (Lipinski definition) is 2. The third-order valence-corrected chi connectivity index (χ3v) is 2.38. The van der Waals surface area contributed by atoms with Crippen molar-refractivity contribution >= 4 is 0 Å². The molecule has 1 rings (SSSR count). The molecule has 0 aliphatic rings. The number of para-hydroxylation sites is 1. The van der Waals surface area contributed by atoms with Crippen LogP contribution in [0.15, 0.2) is 30.9 Å². The second kappa shape index (κ2) is 7.74. The van der Waals surface area contributed by atoms with Gasteiger partial charge in [-0.2, -0.15) is 0 Å². The minimum Gasteiger partial charge on any atom is -0.493 e. The molecule has 4 nitrogen and oxygen atoms in total. The van der Waals surface area contributed by atoms with Gasteiger partial charge in [-0.1, -0.05) is 24.8 Å². The zero-order valence-electron chi connectivity index (χ0n) is 11.0. The molecule has 18 heavy (non-hydrogen) atoms. The van der Waals surface area contributed by atoms with Gasteiger partial charge in [0.05, 0.1) is 13.2 Å². The first-order chi connectivity index (χ1) is 8.69. The average molecular weight is 251 g/mol. The number of hydrogen-bond acceptors (Lipinski definition) is 4. The summed E-state index contributed by atoms with van der Waals surface area (Å²) in [5, 5.41) is 12.4. The topological polar surface area (TPSA) is 50.7 Å². The van der Waals surface area contributed by atoms with Crippen molar-refractivity contribution in [3.8, 4) is 11.5 Å². The van der Waals surface area contributed by atoms with E-state index in [0.29, 0.717) is 25.4 Å². The molecule has 0 amide bonds. The van der Waals surface area contributed by atoms with Gasteiger partial charge in [-0.25, -0.2) is 0 Å². The Morgan fingerprint density at radius 3 is 2.89 bits per heavy atom. The van der Waals surface area contributed by atoms with Gasteiger partial charge < -0.3 is 19.9 Å². The molecule has 0 spiro atoms. The number of benzene rings is 1. The van der Waals surface area contributed by atoms with Crippen molar-refractivity contribution in [3.63, 3.8) is 0 Å². The molecule has 1 aromatic carbocycles. The van der Waals surface area contributed by atoms with Gasteiger partial charge in [0.1, 0.15) is 6.61 Å². The maximum Gasteiger partial charge on any atom is 0.166 e. The molecule has 0 saturated heterocycles. The van der Waals surface area contributed by atoms with Crippen LogP contribution in [0.4, 0.5) is 0 Å². The van der Waals surface area contributed by atoms with E-state index in [-0.39, 0.29) is 6.10 Å². The molecule has 0 aromatic heterocycles. The second-order valence-corrected chi connectivity index (χ2v) is 4.03. The highest BCUT2D eigenvalue weighted by Gasteiger charge is 2.10. The van der Waals surface area contributed by atoms with E-state index in [4.69, 9.17) is 9.47 Å². The molecule has 0 fully saturated rings. The molecule has 1 aromatic rings. The van der Waals surface area contributed by atoms with Crippen LogP contribution in [-0.2, 0) is 6.54 Å². The van der Waals surface area contributed by atoms with Crippen LogP contribution in [0.2, 0.25) is 0 Å². The van der Waals surface area contributed by atoms with E-state index in [1.165, 1.54) is 0 Å². The first-order valence-electron chi connectivity index (χ1n) is 5.97. The maximum absolute atomic E-state index is 9.21. The van der Waals surface area contributed by atoms with Gasteiger partial charge in [-0.15, -0.1) is 0 Å². The molecule has 4 heteroatoms. The Bertz CT molecular complexity index is 377. The van der Waals surface area contributed by atoms with E-state index >= 15 is 0 Å². The number of nitrogens with one attached hydrogen (secondary N) is 1. The van der Waals surface area contributed by atoms with Crippen LogP contribution in [0.1, 0.15) is 12.5 Å². The van der Waals surface area contributed by atoms with Crippen molar-refractivity contribution in [1.82, 2.24) is 5.32 Å². The van der Waals surface area contributed by atoms with Crippen LogP contribution >= 0.6 is 0 Å². The molecular weight excluding hydrogens is 230 g/mol. The molecule has 2 N–H and O–H groups in total. The summed E-state index contributed by atoms with van der Waals surface area (Å²) in [6, 6.07) is 5.74. The number of ether oxygens (including phenoxy) is 2. The number of rotatable bonds is 8. The standard InChI is InChI=1S/C14H21NO3/c1-4-8-18-14-12(10-15-9-11(2)16)6-5-7-13(14)17-3/h4-7,11,15-16H,1,8-10H2,2-3H3/t11-/m1/s1. The highest BCUT2D eigenvalue weighted by molar-refractivity contribution is 5.46. The normalized spacial score (nSPS) is 11.9. The minimum absolute atomic E-state index is 0.367. The lowest BCUT2D eigenvalue weighted by atomic mass is 10.2. The first kappa shape index (κ1) is 14.5. The highest BCUT2D eigenvalue weighted by Crippen LogP contribution is 2.30. The Hall–Kier alpha value is -1.52. The van der Waals surface area contributed by atoms with Crippen LogP contribution in [0.5, 0.6) is 11.5 Å². The molecule has 0 aliphatic carbocycles. The lowest BCUT2D eigenvalue weighted by Gasteiger charge is -2.15. The predicted octanol–water partition coefficient (Wildman–Crippen LogP) is 1.73. The predicted molar refractivity (Wildman–Crippen MR) is 72.1 cm³/mol. The Labute approximate surface area is 108 Å². The Morgan fingerprint density at radius 2 is 2.28 bits per heavy atom. The molecular formula is C14H21NO3. The zero-order chi connectivity index (χ0) is 13.4. The van der Waals surface area contributed by atoms with Crippen molar-refractivity contribution < 1.29 is 14.6 Å². The summed E-state index contributed by atoms with van der Waals surface area (Å²) >= 11 is 0.